The van der Waals surface area contributed by atoms with Gasteiger partial charge in [0.15, 0.2) is 0 Å². The topological polar surface area (TPSA) is 50.4 Å². The molecular formula is C16H19Cl5N2O2. The number of anilines is 1. The Kier molecular flexibility index (Phi) is 8.09. The Morgan fingerprint density at radius 2 is 1.76 bits per heavy atom. The van der Waals surface area contributed by atoms with Gasteiger partial charge in [0.2, 0.25) is 3.79 Å². The minimum absolute atomic E-state index is 0.0417. The van der Waals surface area contributed by atoms with Crippen LogP contribution in [-0.4, -0.2) is 28.6 Å². The first-order valence-corrected chi connectivity index (χ1v) is 9.85. The fraction of sp³-hybridized carbons (Fsp3) is 0.562. The first-order valence-electron chi connectivity index (χ1n) is 7.96. The molecule has 9 heteroatoms. The van der Waals surface area contributed by atoms with Crippen LogP contribution >= 0.6 is 58.0 Å². The molecule has 0 aliphatic heterocycles. The summed E-state index contributed by atoms with van der Waals surface area (Å²) >= 11 is 28.8. The van der Waals surface area contributed by atoms with Crippen molar-refractivity contribution in [1.29, 1.82) is 0 Å². The van der Waals surface area contributed by atoms with Gasteiger partial charge in [0.1, 0.15) is 6.61 Å². The second-order valence-corrected chi connectivity index (χ2v) is 9.29. The zero-order valence-corrected chi connectivity index (χ0v) is 17.1. The van der Waals surface area contributed by atoms with Crippen molar-refractivity contribution in [3.8, 4) is 0 Å². The van der Waals surface area contributed by atoms with Crippen molar-refractivity contribution < 1.29 is 9.53 Å². The number of alkyl carbamates (subject to hydrolysis) is 1. The van der Waals surface area contributed by atoms with Crippen LogP contribution in [0.5, 0.6) is 0 Å². The lowest BCUT2D eigenvalue weighted by Crippen LogP contribution is -2.46. The van der Waals surface area contributed by atoms with Gasteiger partial charge in [-0.3, -0.25) is 0 Å². The molecule has 1 aliphatic carbocycles. The summed E-state index contributed by atoms with van der Waals surface area (Å²) in [5.41, 5.74) is 0.850. The van der Waals surface area contributed by atoms with E-state index in [-0.39, 0.29) is 18.7 Å². The monoisotopic (exact) mass is 446 g/mol. The molecule has 1 aliphatic rings. The van der Waals surface area contributed by atoms with E-state index in [9.17, 15) is 4.79 Å². The van der Waals surface area contributed by atoms with Gasteiger partial charge in [0, 0.05) is 11.7 Å². The highest BCUT2D eigenvalue weighted by molar-refractivity contribution is 6.67. The largest absolute Gasteiger partial charge is 0.445 e. The fourth-order valence-electron chi connectivity index (χ4n) is 2.79. The highest BCUT2D eigenvalue weighted by atomic mass is 35.6. The van der Waals surface area contributed by atoms with Gasteiger partial charge in [-0.05, 0) is 31.0 Å². The fourth-order valence-corrected chi connectivity index (χ4v) is 3.26. The van der Waals surface area contributed by atoms with Crippen LogP contribution in [0.4, 0.5) is 10.5 Å². The molecule has 1 amide bonds. The zero-order chi connectivity index (χ0) is 18.4. The average Bonchev–Trinajstić information content (AvgIpc) is 2.74. The molecule has 0 unspecified atom stereocenters. The summed E-state index contributed by atoms with van der Waals surface area (Å²) in [6.07, 6.45) is 4.35. The smallest absolute Gasteiger partial charge is 0.407 e. The number of halogens is 5. The number of carbonyl (C=O) groups is 1. The molecule has 0 aromatic heterocycles. The van der Waals surface area contributed by atoms with E-state index in [2.05, 4.69) is 10.6 Å². The first kappa shape index (κ1) is 21.0. The number of benzene rings is 1. The van der Waals surface area contributed by atoms with E-state index in [4.69, 9.17) is 62.7 Å². The molecule has 0 saturated heterocycles. The number of hydrogen-bond acceptors (Lipinski definition) is 3. The van der Waals surface area contributed by atoms with Crippen molar-refractivity contribution in [2.75, 3.05) is 11.9 Å². The van der Waals surface area contributed by atoms with Gasteiger partial charge in [-0.15, -0.1) is 0 Å². The highest BCUT2D eigenvalue weighted by Crippen LogP contribution is 2.28. The Balaban J connectivity index is 2.00. The summed E-state index contributed by atoms with van der Waals surface area (Å²) in [4.78, 5) is 12.0. The highest BCUT2D eigenvalue weighted by Gasteiger charge is 2.27. The maximum absolute atomic E-state index is 12.0. The summed E-state index contributed by atoms with van der Waals surface area (Å²) in [5.74, 6) is 0. The van der Waals surface area contributed by atoms with Crippen molar-refractivity contribution in [3.63, 3.8) is 0 Å². The Hall–Kier alpha value is -0.260. The number of amides is 1. The van der Waals surface area contributed by atoms with Crippen LogP contribution in [0.3, 0.4) is 0 Å². The summed E-state index contributed by atoms with van der Waals surface area (Å²) in [6, 6.07) is 5.31. The summed E-state index contributed by atoms with van der Waals surface area (Å²) in [6.45, 7) is -0.304. The molecule has 0 bridgehead atoms. The maximum atomic E-state index is 12.0. The molecule has 0 heterocycles. The van der Waals surface area contributed by atoms with Crippen LogP contribution in [0.2, 0.25) is 10.0 Å². The van der Waals surface area contributed by atoms with Crippen LogP contribution in [0.1, 0.15) is 32.1 Å². The minimum atomic E-state index is -1.63. The van der Waals surface area contributed by atoms with Crippen LogP contribution in [0.25, 0.3) is 0 Å². The van der Waals surface area contributed by atoms with Gasteiger partial charge in [-0.25, -0.2) is 4.79 Å². The zero-order valence-electron chi connectivity index (χ0n) is 13.3. The van der Waals surface area contributed by atoms with Gasteiger partial charge < -0.3 is 15.4 Å². The third kappa shape index (κ3) is 7.48. The number of nitrogens with one attached hydrogen (secondary N) is 2. The van der Waals surface area contributed by atoms with Gasteiger partial charge in [-0.2, -0.15) is 0 Å². The quantitative estimate of drug-likeness (QED) is 0.426. The molecule has 2 rings (SSSR count). The van der Waals surface area contributed by atoms with Crippen molar-refractivity contribution in [2.45, 2.75) is 48.0 Å². The van der Waals surface area contributed by atoms with E-state index in [1.807, 2.05) is 6.07 Å². The number of carbonyl (C=O) groups excluding carboxylic acids is 1. The Labute approximate surface area is 172 Å². The van der Waals surface area contributed by atoms with Crippen molar-refractivity contribution in [1.82, 2.24) is 5.32 Å². The SMILES string of the molecule is O=C(N[C@@H]1CCCCC[C@H]1Nc1ccc(Cl)c(Cl)c1)OCC(Cl)(Cl)Cl. The van der Waals surface area contributed by atoms with Crippen molar-refractivity contribution >= 4 is 69.8 Å². The lowest BCUT2D eigenvalue weighted by Gasteiger charge is -2.28. The van der Waals surface area contributed by atoms with E-state index < -0.39 is 9.89 Å². The van der Waals surface area contributed by atoms with Crippen LogP contribution < -0.4 is 10.6 Å². The minimum Gasteiger partial charge on any atom is -0.445 e. The van der Waals surface area contributed by atoms with Crippen LogP contribution in [0.15, 0.2) is 18.2 Å². The van der Waals surface area contributed by atoms with Crippen molar-refractivity contribution in [2.24, 2.45) is 0 Å². The molecule has 1 fully saturated rings. The number of hydrogen-bond donors (Lipinski definition) is 2. The molecule has 0 spiro atoms. The number of ether oxygens (including phenoxy) is 1. The molecule has 140 valence electrons. The van der Waals surface area contributed by atoms with E-state index >= 15 is 0 Å². The Bertz CT molecular complexity index is 594. The molecule has 1 saturated carbocycles. The number of alkyl halides is 3. The Morgan fingerprint density at radius 1 is 1.08 bits per heavy atom. The van der Waals surface area contributed by atoms with Crippen LogP contribution in [0, 0.1) is 0 Å². The first-order chi connectivity index (χ1) is 11.7. The third-order valence-corrected chi connectivity index (χ3v) is 5.02. The van der Waals surface area contributed by atoms with Gasteiger partial charge >= 0.3 is 6.09 Å². The van der Waals surface area contributed by atoms with E-state index in [0.717, 1.165) is 37.8 Å². The molecule has 1 aromatic rings. The normalized spacial score (nSPS) is 21.3. The lowest BCUT2D eigenvalue weighted by atomic mass is 10.0. The number of rotatable bonds is 4. The predicted molar refractivity (Wildman–Crippen MR) is 106 cm³/mol. The van der Waals surface area contributed by atoms with Gasteiger partial charge in [-0.1, -0.05) is 77.3 Å². The van der Waals surface area contributed by atoms with Crippen LogP contribution in [-0.2, 0) is 4.74 Å². The van der Waals surface area contributed by atoms with E-state index in [0.29, 0.717) is 10.0 Å². The second kappa shape index (κ2) is 9.61. The Morgan fingerprint density at radius 3 is 2.40 bits per heavy atom. The predicted octanol–water partition coefficient (Wildman–Crippen LogP) is 6.20. The summed E-state index contributed by atoms with van der Waals surface area (Å²) in [5, 5.41) is 7.27. The van der Waals surface area contributed by atoms with Gasteiger partial charge in [0.05, 0.1) is 16.1 Å². The molecule has 2 atom stereocenters. The summed E-state index contributed by atoms with van der Waals surface area (Å²) < 4.78 is 3.34. The van der Waals surface area contributed by atoms with E-state index in [1.54, 1.807) is 12.1 Å². The molecule has 2 N–H and O–H groups in total. The van der Waals surface area contributed by atoms with E-state index in [1.165, 1.54) is 0 Å². The second-order valence-electron chi connectivity index (χ2n) is 5.96. The third-order valence-electron chi connectivity index (χ3n) is 3.96. The maximum Gasteiger partial charge on any atom is 0.407 e. The molecule has 0 radical (unpaired) electrons. The molecule has 25 heavy (non-hydrogen) atoms. The standard InChI is InChI=1S/C16H19Cl5N2O2/c17-11-7-6-10(8-12(11)18)22-13-4-2-1-3-5-14(13)23-15(24)25-9-16(19,20)21/h6-8,13-14,22H,1-5,9H2,(H,23,24)/t13-,14-/m1/s1. The molecule has 1 aromatic carbocycles. The average molecular weight is 449 g/mol. The molecule has 4 nitrogen and oxygen atoms in total. The summed E-state index contributed by atoms with van der Waals surface area (Å²) in [7, 11) is 0. The molecular weight excluding hydrogens is 429 g/mol. The van der Waals surface area contributed by atoms with Crippen molar-refractivity contribution in [3.05, 3.63) is 28.2 Å². The lowest BCUT2D eigenvalue weighted by molar-refractivity contribution is 0.142. The van der Waals surface area contributed by atoms with Gasteiger partial charge in [0.25, 0.3) is 0 Å².